The second-order valence-corrected chi connectivity index (χ2v) is 6.87. The normalized spacial score (nSPS) is 24.5. The number of piperidine rings is 1. The first kappa shape index (κ1) is 17.2. The molecular weight excluding hydrogens is 280 g/mol. The lowest BCUT2D eigenvalue weighted by molar-refractivity contribution is -0.135. The SMILES string of the molecule is CC(C)[C@H](N)C(=O)NCC(=O)N1CCCC(N2CCCC2)C1. The molecule has 2 aliphatic heterocycles. The van der Waals surface area contributed by atoms with Gasteiger partial charge < -0.3 is 16.0 Å². The van der Waals surface area contributed by atoms with Gasteiger partial charge in [0.1, 0.15) is 0 Å². The Kier molecular flexibility index (Phi) is 6.20. The number of likely N-dealkylation sites (tertiary alicyclic amines) is 2. The average molecular weight is 310 g/mol. The summed E-state index contributed by atoms with van der Waals surface area (Å²) in [6.07, 6.45) is 4.77. The van der Waals surface area contributed by atoms with Gasteiger partial charge in [-0.25, -0.2) is 0 Å². The van der Waals surface area contributed by atoms with Gasteiger partial charge in [-0.2, -0.15) is 0 Å². The van der Waals surface area contributed by atoms with Crippen molar-refractivity contribution in [2.45, 2.75) is 51.6 Å². The molecule has 3 N–H and O–H groups in total. The summed E-state index contributed by atoms with van der Waals surface area (Å²) in [5, 5.41) is 2.68. The lowest BCUT2D eigenvalue weighted by atomic mass is 10.0. The standard InChI is InChI=1S/C16H30N4O2/c1-12(2)15(17)16(22)18-10-14(21)20-9-5-6-13(11-20)19-7-3-4-8-19/h12-13,15H,3-11,17H2,1-2H3,(H,18,22)/t13?,15-/m0/s1. The number of hydrogen-bond acceptors (Lipinski definition) is 4. The first-order valence-electron chi connectivity index (χ1n) is 8.54. The van der Waals surface area contributed by atoms with Crippen LogP contribution in [0.3, 0.4) is 0 Å². The third-order valence-electron chi connectivity index (χ3n) is 4.84. The molecule has 6 heteroatoms. The maximum Gasteiger partial charge on any atom is 0.242 e. The molecule has 0 bridgehead atoms. The van der Waals surface area contributed by atoms with Crippen molar-refractivity contribution in [1.82, 2.24) is 15.1 Å². The lowest BCUT2D eigenvalue weighted by Gasteiger charge is -2.37. The molecule has 2 heterocycles. The van der Waals surface area contributed by atoms with Gasteiger partial charge >= 0.3 is 0 Å². The summed E-state index contributed by atoms with van der Waals surface area (Å²) in [6.45, 7) is 7.78. The topological polar surface area (TPSA) is 78.7 Å². The van der Waals surface area contributed by atoms with Crippen LogP contribution in [0.4, 0.5) is 0 Å². The van der Waals surface area contributed by atoms with Crippen molar-refractivity contribution in [1.29, 1.82) is 0 Å². The van der Waals surface area contributed by atoms with E-state index in [0.717, 1.165) is 32.6 Å². The van der Waals surface area contributed by atoms with Crippen molar-refractivity contribution in [2.24, 2.45) is 11.7 Å². The van der Waals surface area contributed by atoms with E-state index in [9.17, 15) is 9.59 Å². The average Bonchev–Trinajstić information content (AvgIpc) is 3.06. The van der Waals surface area contributed by atoms with Gasteiger partial charge in [-0.15, -0.1) is 0 Å². The molecule has 2 saturated heterocycles. The summed E-state index contributed by atoms with van der Waals surface area (Å²) in [7, 11) is 0. The Labute approximate surface area is 133 Å². The lowest BCUT2D eigenvalue weighted by Crippen LogP contribution is -2.52. The predicted octanol–water partition coefficient (Wildman–Crippen LogP) is 0.173. The fourth-order valence-electron chi connectivity index (χ4n) is 3.28. The van der Waals surface area contributed by atoms with Crippen molar-refractivity contribution in [3.05, 3.63) is 0 Å². The molecule has 0 spiro atoms. The maximum absolute atomic E-state index is 12.3. The highest BCUT2D eigenvalue weighted by atomic mass is 16.2. The van der Waals surface area contributed by atoms with Crippen LogP contribution in [0.2, 0.25) is 0 Å². The molecular formula is C16H30N4O2. The molecule has 2 amide bonds. The van der Waals surface area contributed by atoms with Crippen LogP contribution in [0.15, 0.2) is 0 Å². The quantitative estimate of drug-likeness (QED) is 0.759. The summed E-state index contributed by atoms with van der Waals surface area (Å²) in [6, 6.07) is -0.0553. The Morgan fingerprint density at radius 3 is 2.50 bits per heavy atom. The maximum atomic E-state index is 12.3. The van der Waals surface area contributed by atoms with E-state index in [1.54, 1.807) is 0 Å². The van der Waals surface area contributed by atoms with Gasteiger partial charge in [-0.05, 0) is 44.7 Å². The third-order valence-corrected chi connectivity index (χ3v) is 4.84. The Morgan fingerprint density at radius 1 is 1.18 bits per heavy atom. The van der Waals surface area contributed by atoms with E-state index in [1.165, 1.54) is 19.3 Å². The van der Waals surface area contributed by atoms with Crippen LogP contribution in [-0.4, -0.2) is 66.4 Å². The van der Waals surface area contributed by atoms with Gasteiger partial charge in [-0.3, -0.25) is 14.5 Å². The van der Waals surface area contributed by atoms with Crippen molar-refractivity contribution < 1.29 is 9.59 Å². The summed E-state index contributed by atoms with van der Waals surface area (Å²) < 4.78 is 0. The summed E-state index contributed by atoms with van der Waals surface area (Å²) in [5.41, 5.74) is 5.79. The van der Waals surface area contributed by atoms with Crippen molar-refractivity contribution in [2.75, 3.05) is 32.7 Å². The number of nitrogens with two attached hydrogens (primary N) is 1. The van der Waals surface area contributed by atoms with Crippen molar-refractivity contribution in [3.8, 4) is 0 Å². The zero-order valence-corrected chi connectivity index (χ0v) is 13.9. The Balaban J connectivity index is 1.78. The number of carbonyl (C=O) groups excluding carboxylic acids is 2. The molecule has 0 aromatic heterocycles. The van der Waals surface area contributed by atoms with Crippen LogP contribution in [0.1, 0.15) is 39.5 Å². The highest BCUT2D eigenvalue weighted by Gasteiger charge is 2.29. The van der Waals surface area contributed by atoms with E-state index >= 15 is 0 Å². The van der Waals surface area contributed by atoms with Crippen LogP contribution in [0.5, 0.6) is 0 Å². The second kappa shape index (κ2) is 7.92. The molecule has 0 aliphatic carbocycles. The molecule has 6 nitrogen and oxygen atoms in total. The van der Waals surface area contributed by atoms with Crippen molar-refractivity contribution >= 4 is 11.8 Å². The first-order valence-corrected chi connectivity index (χ1v) is 8.54. The molecule has 22 heavy (non-hydrogen) atoms. The second-order valence-electron chi connectivity index (χ2n) is 6.87. The molecule has 0 radical (unpaired) electrons. The van der Waals surface area contributed by atoms with E-state index in [0.29, 0.717) is 6.04 Å². The number of hydrogen-bond donors (Lipinski definition) is 2. The van der Waals surface area contributed by atoms with E-state index in [-0.39, 0.29) is 24.3 Å². The van der Waals surface area contributed by atoms with Crippen molar-refractivity contribution in [3.63, 3.8) is 0 Å². The molecule has 2 atom stereocenters. The molecule has 0 aromatic rings. The number of amides is 2. The summed E-state index contributed by atoms with van der Waals surface area (Å²) in [5.74, 6) is -0.158. The first-order chi connectivity index (χ1) is 10.5. The molecule has 0 aromatic carbocycles. The summed E-state index contributed by atoms with van der Waals surface area (Å²) in [4.78, 5) is 28.5. The van der Waals surface area contributed by atoms with E-state index in [4.69, 9.17) is 5.73 Å². The van der Waals surface area contributed by atoms with Crippen LogP contribution >= 0.6 is 0 Å². The minimum atomic E-state index is -0.550. The minimum absolute atomic E-state index is 0.00760. The monoisotopic (exact) mass is 310 g/mol. The van der Waals surface area contributed by atoms with E-state index in [1.807, 2.05) is 18.7 Å². The van der Waals surface area contributed by atoms with Crippen LogP contribution in [-0.2, 0) is 9.59 Å². The minimum Gasteiger partial charge on any atom is -0.346 e. The predicted molar refractivity (Wildman–Crippen MR) is 86.2 cm³/mol. The van der Waals surface area contributed by atoms with E-state index in [2.05, 4.69) is 10.2 Å². The molecule has 126 valence electrons. The van der Waals surface area contributed by atoms with Gasteiger partial charge in [0, 0.05) is 19.1 Å². The van der Waals surface area contributed by atoms with E-state index < -0.39 is 6.04 Å². The zero-order chi connectivity index (χ0) is 16.1. The fourth-order valence-corrected chi connectivity index (χ4v) is 3.28. The van der Waals surface area contributed by atoms with Gasteiger partial charge in [0.15, 0.2) is 0 Å². The third kappa shape index (κ3) is 4.43. The molecule has 2 rings (SSSR count). The Bertz CT molecular complexity index is 394. The number of carbonyl (C=O) groups is 2. The molecule has 0 saturated carbocycles. The molecule has 2 aliphatic rings. The van der Waals surface area contributed by atoms with Gasteiger partial charge in [0.05, 0.1) is 12.6 Å². The largest absolute Gasteiger partial charge is 0.346 e. The van der Waals surface area contributed by atoms with Crippen LogP contribution in [0, 0.1) is 5.92 Å². The Morgan fingerprint density at radius 2 is 1.86 bits per heavy atom. The number of nitrogens with zero attached hydrogens (tertiary/aromatic N) is 2. The fraction of sp³-hybridized carbons (Fsp3) is 0.875. The Hall–Kier alpha value is -1.14. The number of nitrogens with one attached hydrogen (secondary N) is 1. The number of rotatable bonds is 5. The highest BCUT2D eigenvalue weighted by molar-refractivity contribution is 5.87. The van der Waals surface area contributed by atoms with Crippen LogP contribution < -0.4 is 11.1 Å². The highest BCUT2D eigenvalue weighted by Crippen LogP contribution is 2.20. The summed E-state index contributed by atoms with van der Waals surface area (Å²) >= 11 is 0. The van der Waals surface area contributed by atoms with Gasteiger partial charge in [-0.1, -0.05) is 13.8 Å². The zero-order valence-electron chi connectivity index (χ0n) is 13.9. The molecule has 2 fully saturated rings. The van der Waals surface area contributed by atoms with Gasteiger partial charge in [0.25, 0.3) is 0 Å². The van der Waals surface area contributed by atoms with Gasteiger partial charge in [0.2, 0.25) is 11.8 Å². The van der Waals surface area contributed by atoms with Crippen LogP contribution in [0.25, 0.3) is 0 Å². The molecule has 1 unspecified atom stereocenters. The smallest absolute Gasteiger partial charge is 0.242 e.